The minimum Gasteiger partial charge on any atom is -0.313 e. The molecular weight excluding hydrogens is 255 g/mol. The molecule has 3 nitrogen and oxygen atoms in total. The fourth-order valence-corrected chi connectivity index (χ4v) is 2.83. The lowest BCUT2D eigenvalue weighted by atomic mass is 9.87. The zero-order valence-electron chi connectivity index (χ0n) is 11.3. The van der Waals surface area contributed by atoms with Crippen molar-refractivity contribution in [3.63, 3.8) is 0 Å². The molecule has 0 aromatic heterocycles. The number of alkyl halides is 3. The van der Waals surface area contributed by atoms with Gasteiger partial charge in [0.25, 0.3) is 0 Å². The predicted molar refractivity (Wildman–Crippen MR) is 67.3 cm³/mol. The number of hydrogen-bond acceptors (Lipinski definition) is 3. The average molecular weight is 277 g/mol. The summed E-state index contributed by atoms with van der Waals surface area (Å²) in [6.07, 6.45) is -0.522. The van der Waals surface area contributed by atoms with Gasteiger partial charge in [-0.2, -0.15) is 18.4 Å². The fourth-order valence-electron chi connectivity index (χ4n) is 2.83. The molecule has 2 atom stereocenters. The SMILES string of the molecule is CCCN(CCC1CCCC1(N)C#N)CC(F)(F)F. The molecule has 0 bridgehead atoms. The van der Waals surface area contributed by atoms with E-state index < -0.39 is 18.3 Å². The topological polar surface area (TPSA) is 53.0 Å². The third kappa shape index (κ3) is 5.00. The van der Waals surface area contributed by atoms with Gasteiger partial charge in [0.2, 0.25) is 0 Å². The number of nitrogens with zero attached hydrogens (tertiary/aromatic N) is 2. The van der Waals surface area contributed by atoms with Crippen LogP contribution in [-0.2, 0) is 0 Å². The standard InChI is InChI=1S/C13H22F3N3/c1-2-7-19(10-13(14,15)16)8-5-11-4-3-6-12(11,18)9-17/h11H,2-8,10,18H2,1H3. The molecule has 0 spiro atoms. The summed E-state index contributed by atoms with van der Waals surface area (Å²) in [5.74, 6) is 0.0186. The smallest absolute Gasteiger partial charge is 0.313 e. The molecule has 6 heteroatoms. The second-order valence-electron chi connectivity index (χ2n) is 5.42. The second-order valence-corrected chi connectivity index (χ2v) is 5.42. The first-order valence-corrected chi connectivity index (χ1v) is 6.80. The van der Waals surface area contributed by atoms with Crippen LogP contribution in [0.25, 0.3) is 0 Å². The molecule has 0 radical (unpaired) electrons. The van der Waals surface area contributed by atoms with Crippen molar-refractivity contribution in [2.75, 3.05) is 19.6 Å². The summed E-state index contributed by atoms with van der Waals surface area (Å²) in [6.45, 7) is 1.77. The van der Waals surface area contributed by atoms with Crippen molar-refractivity contribution < 1.29 is 13.2 Å². The van der Waals surface area contributed by atoms with Crippen LogP contribution in [0.1, 0.15) is 39.0 Å². The van der Waals surface area contributed by atoms with E-state index in [1.165, 1.54) is 4.90 Å². The molecule has 0 amide bonds. The van der Waals surface area contributed by atoms with Crippen LogP contribution < -0.4 is 5.73 Å². The number of rotatable bonds is 6. The van der Waals surface area contributed by atoms with Gasteiger partial charge in [0.1, 0.15) is 5.54 Å². The summed E-state index contributed by atoms with van der Waals surface area (Å²) in [7, 11) is 0. The van der Waals surface area contributed by atoms with Gasteiger partial charge < -0.3 is 5.73 Å². The molecule has 1 rings (SSSR count). The maximum absolute atomic E-state index is 12.4. The number of halogens is 3. The lowest BCUT2D eigenvalue weighted by Gasteiger charge is -2.28. The Morgan fingerprint density at radius 1 is 1.42 bits per heavy atom. The van der Waals surface area contributed by atoms with Gasteiger partial charge in [-0.1, -0.05) is 13.3 Å². The van der Waals surface area contributed by atoms with Gasteiger partial charge in [0, 0.05) is 0 Å². The van der Waals surface area contributed by atoms with Crippen molar-refractivity contribution in [1.29, 1.82) is 5.26 Å². The van der Waals surface area contributed by atoms with Crippen LogP contribution >= 0.6 is 0 Å². The highest BCUT2D eigenvalue weighted by atomic mass is 19.4. The second kappa shape index (κ2) is 6.58. The first kappa shape index (κ1) is 16.3. The molecule has 19 heavy (non-hydrogen) atoms. The van der Waals surface area contributed by atoms with Crippen LogP contribution in [0.15, 0.2) is 0 Å². The molecule has 1 aliphatic rings. The van der Waals surface area contributed by atoms with Gasteiger partial charge in [-0.05, 0) is 44.7 Å². The van der Waals surface area contributed by atoms with E-state index in [0.29, 0.717) is 32.4 Å². The van der Waals surface area contributed by atoms with E-state index in [0.717, 1.165) is 12.8 Å². The van der Waals surface area contributed by atoms with Crippen molar-refractivity contribution in [2.24, 2.45) is 11.7 Å². The Balaban J connectivity index is 2.50. The van der Waals surface area contributed by atoms with E-state index in [4.69, 9.17) is 11.0 Å². The Bertz CT molecular complexity index is 324. The maximum atomic E-state index is 12.4. The molecule has 0 aromatic rings. The summed E-state index contributed by atoms with van der Waals surface area (Å²) in [6, 6.07) is 2.13. The average Bonchev–Trinajstić information content (AvgIpc) is 2.67. The fraction of sp³-hybridized carbons (Fsp3) is 0.923. The van der Waals surface area contributed by atoms with E-state index >= 15 is 0 Å². The summed E-state index contributed by atoms with van der Waals surface area (Å²) in [5.41, 5.74) is 5.15. The first-order valence-electron chi connectivity index (χ1n) is 6.80. The van der Waals surface area contributed by atoms with Crippen LogP contribution in [0.2, 0.25) is 0 Å². The minimum absolute atomic E-state index is 0.0186. The highest BCUT2D eigenvalue weighted by Gasteiger charge is 2.40. The van der Waals surface area contributed by atoms with E-state index in [2.05, 4.69) is 6.07 Å². The third-order valence-corrected chi connectivity index (χ3v) is 3.82. The normalized spacial score (nSPS) is 27.7. The largest absolute Gasteiger partial charge is 0.401 e. The van der Waals surface area contributed by atoms with Crippen LogP contribution in [0.3, 0.4) is 0 Å². The van der Waals surface area contributed by atoms with E-state index in [1.54, 1.807) is 0 Å². The monoisotopic (exact) mass is 277 g/mol. The van der Waals surface area contributed by atoms with Crippen molar-refractivity contribution in [3.05, 3.63) is 0 Å². The Kier molecular flexibility index (Phi) is 5.63. The Morgan fingerprint density at radius 3 is 2.63 bits per heavy atom. The molecule has 0 aliphatic heterocycles. The molecule has 2 N–H and O–H groups in total. The van der Waals surface area contributed by atoms with E-state index in [-0.39, 0.29) is 5.92 Å². The molecule has 2 unspecified atom stereocenters. The van der Waals surface area contributed by atoms with Gasteiger partial charge in [0.05, 0.1) is 12.6 Å². The van der Waals surface area contributed by atoms with Gasteiger partial charge >= 0.3 is 6.18 Å². The van der Waals surface area contributed by atoms with Crippen molar-refractivity contribution in [3.8, 4) is 6.07 Å². The lowest BCUT2D eigenvalue weighted by molar-refractivity contribution is -0.146. The third-order valence-electron chi connectivity index (χ3n) is 3.82. The van der Waals surface area contributed by atoms with Crippen LogP contribution in [0.5, 0.6) is 0 Å². The van der Waals surface area contributed by atoms with Crippen molar-refractivity contribution in [1.82, 2.24) is 4.90 Å². The predicted octanol–water partition coefficient (Wildman–Crippen LogP) is 2.67. The summed E-state index contributed by atoms with van der Waals surface area (Å²) < 4.78 is 37.3. The van der Waals surface area contributed by atoms with Crippen LogP contribution in [-0.4, -0.2) is 36.2 Å². The minimum atomic E-state index is -4.17. The molecule has 1 aliphatic carbocycles. The Hall–Kier alpha value is -0.800. The van der Waals surface area contributed by atoms with Crippen molar-refractivity contribution >= 4 is 0 Å². The zero-order valence-corrected chi connectivity index (χ0v) is 11.3. The maximum Gasteiger partial charge on any atom is 0.401 e. The highest BCUT2D eigenvalue weighted by molar-refractivity contribution is 5.11. The molecule has 1 saturated carbocycles. The molecule has 0 saturated heterocycles. The summed E-state index contributed by atoms with van der Waals surface area (Å²) in [4.78, 5) is 1.41. The van der Waals surface area contributed by atoms with Crippen LogP contribution in [0.4, 0.5) is 13.2 Å². The zero-order chi connectivity index (χ0) is 14.5. The molecule has 1 fully saturated rings. The van der Waals surface area contributed by atoms with E-state index in [9.17, 15) is 13.2 Å². The molecule has 0 heterocycles. The summed E-state index contributed by atoms with van der Waals surface area (Å²) >= 11 is 0. The van der Waals surface area contributed by atoms with Gasteiger partial charge in [-0.25, -0.2) is 0 Å². The van der Waals surface area contributed by atoms with Gasteiger partial charge in [-0.15, -0.1) is 0 Å². The molecule has 110 valence electrons. The van der Waals surface area contributed by atoms with E-state index in [1.807, 2.05) is 6.92 Å². The van der Waals surface area contributed by atoms with Gasteiger partial charge in [0.15, 0.2) is 0 Å². The van der Waals surface area contributed by atoms with Crippen molar-refractivity contribution in [2.45, 2.75) is 50.7 Å². The van der Waals surface area contributed by atoms with Crippen LogP contribution in [0, 0.1) is 17.2 Å². The quantitative estimate of drug-likeness (QED) is 0.812. The highest BCUT2D eigenvalue weighted by Crippen LogP contribution is 2.35. The Morgan fingerprint density at radius 2 is 2.11 bits per heavy atom. The number of nitriles is 1. The first-order chi connectivity index (χ1) is 8.80. The molecule has 0 aromatic carbocycles. The van der Waals surface area contributed by atoms with Gasteiger partial charge in [-0.3, -0.25) is 4.90 Å². The lowest BCUT2D eigenvalue weighted by Crippen LogP contribution is -2.44. The molecular formula is C13H22F3N3. The number of nitrogens with two attached hydrogens (primary N) is 1. The number of hydrogen-bond donors (Lipinski definition) is 1. The summed E-state index contributed by atoms with van der Waals surface area (Å²) in [5, 5.41) is 9.08. The Labute approximate surface area is 112 Å².